The van der Waals surface area contributed by atoms with Gasteiger partial charge in [0.2, 0.25) is 11.8 Å². The number of carbonyl (C=O) groups excluding carboxylic acids is 3. The summed E-state index contributed by atoms with van der Waals surface area (Å²) in [6, 6.07) is 7.27. The molecule has 9 heteroatoms. The van der Waals surface area contributed by atoms with Crippen molar-refractivity contribution in [2.75, 3.05) is 11.9 Å². The van der Waals surface area contributed by atoms with Gasteiger partial charge >= 0.3 is 0 Å². The van der Waals surface area contributed by atoms with Gasteiger partial charge in [0.05, 0.1) is 12.2 Å². The first-order valence-corrected chi connectivity index (χ1v) is 9.86. The van der Waals surface area contributed by atoms with Gasteiger partial charge in [-0.2, -0.15) is 5.10 Å². The zero-order valence-electron chi connectivity index (χ0n) is 15.9. The van der Waals surface area contributed by atoms with Crippen molar-refractivity contribution in [1.29, 1.82) is 0 Å². The number of carbonyl (C=O) groups is 3. The Kier molecular flexibility index (Phi) is 4.31. The fraction of sp³-hybridized carbons (Fsp3) is 0.400. The Labute approximate surface area is 167 Å². The summed E-state index contributed by atoms with van der Waals surface area (Å²) in [5.74, 6) is 0.00336. The minimum absolute atomic E-state index is 0.153. The highest BCUT2D eigenvalue weighted by Crippen LogP contribution is 2.28. The van der Waals surface area contributed by atoms with Crippen molar-refractivity contribution in [1.82, 2.24) is 25.3 Å². The average Bonchev–Trinajstić information content (AvgIpc) is 3.27. The van der Waals surface area contributed by atoms with Crippen molar-refractivity contribution in [3.8, 4) is 0 Å². The van der Waals surface area contributed by atoms with E-state index in [2.05, 4.69) is 21.0 Å². The largest absolute Gasteiger partial charge is 0.365 e. The van der Waals surface area contributed by atoms with E-state index < -0.39 is 6.04 Å². The number of anilines is 1. The molecule has 0 bridgehead atoms. The second-order valence-corrected chi connectivity index (χ2v) is 7.67. The van der Waals surface area contributed by atoms with Crippen LogP contribution in [0.25, 0.3) is 0 Å². The molecule has 9 nitrogen and oxygen atoms in total. The van der Waals surface area contributed by atoms with E-state index in [1.165, 1.54) is 0 Å². The van der Waals surface area contributed by atoms with Crippen molar-refractivity contribution in [3.63, 3.8) is 0 Å². The van der Waals surface area contributed by atoms with Crippen LogP contribution >= 0.6 is 0 Å². The number of aromatic nitrogens is 2. The van der Waals surface area contributed by atoms with Crippen LogP contribution in [-0.2, 0) is 35.8 Å². The molecule has 29 heavy (non-hydrogen) atoms. The second kappa shape index (κ2) is 7.00. The summed E-state index contributed by atoms with van der Waals surface area (Å²) in [5, 5.41) is 13.5. The maximum atomic E-state index is 12.9. The first-order valence-electron chi connectivity index (χ1n) is 9.86. The summed E-state index contributed by atoms with van der Waals surface area (Å²) < 4.78 is 2.00. The fourth-order valence-corrected chi connectivity index (χ4v) is 4.18. The van der Waals surface area contributed by atoms with Crippen molar-refractivity contribution in [2.24, 2.45) is 0 Å². The number of nitrogens with zero attached hydrogens (tertiary/aromatic N) is 3. The molecule has 1 atom stereocenters. The highest BCUT2D eigenvalue weighted by atomic mass is 16.2. The Bertz CT molecular complexity index is 990. The molecule has 0 saturated carbocycles. The molecule has 4 heterocycles. The van der Waals surface area contributed by atoms with Gasteiger partial charge in [0, 0.05) is 44.2 Å². The molecule has 0 aliphatic carbocycles. The lowest BCUT2D eigenvalue weighted by atomic mass is 10.0. The quantitative estimate of drug-likeness (QED) is 0.646. The summed E-state index contributed by atoms with van der Waals surface area (Å²) >= 11 is 0. The van der Waals surface area contributed by atoms with Crippen LogP contribution in [0.1, 0.15) is 40.0 Å². The van der Waals surface area contributed by atoms with Crippen LogP contribution < -0.4 is 16.0 Å². The number of rotatable bonds is 4. The average molecular weight is 394 g/mol. The Morgan fingerprint density at radius 2 is 2.10 bits per heavy atom. The molecule has 0 radical (unpaired) electrons. The number of benzene rings is 1. The van der Waals surface area contributed by atoms with Crippen molar-refractivity contribution >= 4 is 23.5 Å². The molecule has 0 spiro atoms. The van der Waals surface area contributed by atoms with Gasteiger partial charge in [0.1, 0.15) is 11.9 Å². The Hall–Kier alpha value is -3.20. The molecule has 1 unspecified atom stereocenters. The lowest BCUT2D eigenvalue weighted by molar-refractivity contribution is -0.136. The second-order valence-electron chi connectivity index (χ2n) is 7.67. The monoisotopic (exact) mass is 394 g/mol. The third-order valence-corrected chi connectivity index (χ3v) is 5.74. The molecule has 3 N–H and O–H groups in total. The molecular formula is C20H22N6O3. The van der Waals surface area contributed by atoms with E-state index >= 15 is 0 Å². The van der Waals surface area contributed by atoms with Crippen LogP contribution in [0.3, 0.4) is 0 Å². The molecule has 150 valence electrons. The topological polar surface area (TPSA) is 108 Å². The summed E-state index contributed by atoms with van der Waals surface area (Å²) in [7, 11) is 0. The van der Waals surface area contributed by atoms with Crippen molar-refractivity contribution in [2.45, 2.75) is 45.1 Å². The number of piperidine rings is 1. The van der Waals surface area contributed by atoms with E-state index in [-0.39, 0.29) is 24.1 Å². The van der Waals surface area contributed by atoms with Crippen LogP contribution in [-0.4, -0.2) is 45.0 Å². The lowest BCUT2D eigenvalue weighted by Crippen LogP contribution is -2.52. The van der Waals surface area contributed by atoms with Crippen LogP contribution in [0, 0.1) is 0 Å². The highest BCUT2D eigenvalue weighted by Gasteiger charge is 2.39. The SMILES string of the molecule is O=C1CCC(N2Cc3ccc(CNc4cc5n(n4)CCNC5)cc3C2=O)C(=O)N1. The number of fused-ring (bicyclic) bond motifs is 2. The lowest BCUT2D eigenvalue weighted by Gasteiger charge is -2.29. The molecule has 3 aliphatic heterocycles. The van der Waals surface area contributed by atoms with Crippen LogP contribution in [0.5, 0.6) is 0 Å². The molecule has 1 saturated heterocycles. The summed E-state index contributed by atoms with van der Waals surface area (Å²) in [6.45, 7) is 3.56. The van der Waals surface area contributed by atoms with Gasteiger partial charge in [-0.3, -0.25) is 24.4 Å². The zero-order chi connectivity index (χ0) is 20.0. The van der Waals surface area contributed by atoms with Crippen LogP contribution in [0.15, 0.2) is 24.3 Å². The summed E-state index contributed by atoms with van der Waals surface area (Å²) in [5.41, 5.74) is 3.67. The van der Waals surface area contributed by atoms with Gasteiger partial charge in [0.15, 0.2) is 0 Å². The number of nitrogens with one attached hydrogen (secondary N) is 3. The number of imide groups is 1. The maximum Gasteiger partial charge on any atom is 0.255 e. The van der Waals surface area contributed by atoms with Crippen LogP contribution in [0.4, 0.5) is 5.82 Å². The van der Waals surface area contributed by atoms with E-state index in [9.17, 15) is 14.4 Å². The number of amides is 3. The van der Waals surface area contributed by atoms with Gasteiger partial charge in [-0.25, -0.2) is 0 Å². The minimum atomic E-state index is -0.584. The minimum Gasteiger partial charge on any atom is -0.365 e. The van der Waals surface area contributed by atoms with Crippen molar-refractivity contribution < 1.29 is 14.4 Å². The van der Waals surface area contributed by atoms with Gasteiger partial charge in [-0.05, 0) is 23.6 Å². The maximum absolute atomic E-state index is 12.9. The van der Waals surface area contributed by atoms with Gasteiger partial charge in [-0.15, -0.1) is 0 Å². The smallest absolute Gasteiger partial charge is 0.255 e. The van der Waals surface area contributed by atoms with Crippen molar-refractivity contribution in [3.05, 3.63) is 46.6 Å². The standard InChI is InChI=1S/C20H22N6O3/c27-18-4-3-16(19(28)23-18)25-11-13-2-1-12(7-15(13)20(25)29)9-22-17-8-14-10-21-5-6-26(14)24-17/h1-2,7-8,16,21H,3-6,9-11H2,(H,22,24)(H,23,27,28). The van der Waals surface area contributed by atoms with Gasteiger partial charge in [0.25, 0.3) is 5.91 Å². The predicted molar refractivity (Wildman–Crippen MR) is 104 cm³/mol. The molecule has 1 fully saturated rings. The third kappa shape index (κ3) is 3.27. The van der Waals surface area contributed by atoms with E-state index in [0.29, 0.717) is 25.1 Å². The Morgan fingerprint density at radius 1 is 1.21 bits per heavy atom. The summed E-state index contributed by atoms with van der Waals surface area (Å²) in [6.07, 6.45) is 0.633. The first kappa shape index (κ1) is 17.9. The van der Waals surface area contributed by atoms with E-state index in [0.717, 1.165) is 42.3 Å². The summed E-state index contributed by atoms with van der Waals surface area (Å²) in [4.78, 5) is 38.0. The molecule has 1 aromatic carbocycles. The molecule has 3 aliphatic rings. The van der Waals surface area contributed by atoms with Crippen LogP contribution in [0.2, 0.25) is 0 Å². The Balaban J connectivity index is 1.28. The molecular weight excluding hydrogens is 372 g/mol. The molecule has 5 rings (SSSR count). The molecule has 3 amide bonds. The normalized spacial score (nSPS) is 21.0. The Morgan fingerprint density at radius 3 is 2.93 bits per heavy atom. The van der Waals surface area contributed by atoms with E-state index in [1.807, 2.05) is 28.9 Å². The predicted octanol–water partition coefficient (Wildman–Crippen LogP) is 0.359. The molecule has 2 aromatic rings. The fourth-order valence-electron chi connectivity index (χ4n) is 4.18. The third-order valence-electron chi connectivity index (χ3n) is 5.74. The zero-order valence-corrected chi connectivity index (χ0v) is 15.9. The van der Waals surface area contributed by atoms with Gasteiger partial charge in [-0.1, -0.05) is 12.1 Å². The number of hydrogen-bond acceptors (Lipinski definition) is 6. The van der Waals surface area contributed by atoms with Gasteiger partial charge < -0.3 is 15.5 Å². The number of hydrogen-bond donors (Lipinski definition) is 3. The van der Waals surface area contributed by atoms with E-state index in [4.69, 9.17) is 0 Å². The molecule has 1 aromatic heterocycles. The van der Waals surface area contributed by atoms with E-state index in [1.54, 1.807) is 4.90 Å². The first-order chi connectivity index (χ1) is 14.1. The highest BCUT2D eigenvalue weighted by molar-refractivity contribution is 6.05.